The second-order valence-corrected chi connectivity index (χ2v) is 18.1. The van der Waals surface area contributed by atoms with Crippen LogP contribution < -0.4 is 26.6 Å². The third kappa shape index (κ3) is 18.2. The topological polar surface area (TPSA) is 143 Å². The van der Waals surface area contributed by atoms with E-state index in [1.54, 1.807) is 42.3 Å². The zero-order chi connectivity index (χ0) is 45.8. The summed E-state index contributed by atoms with van der Waals surface area (Å²) >= 11 is 1.56. The Balaban J connectivity index is 1.09. The van der Waals surface area contributed by atoms with Crippen LogP contribution in [0.2, 0.25) is 0 Å². The minimum Gasteiger partial charge on any atom is -0.506 e. The van der Waals surface area contributed by atoms with Gasteiger partial charge in [-0.25, -0.2) is 4.31 Å². The Bertz CT molecular complexity index is 1970. The Kier molecular flexibility index (Phi) is 21.3. The van der Waals surface area contributed by atoms with Crippen LogP contribution in [0.1, 0.15) is 104 Å². The van der Waals surface area contributed by atoms with Gasteiger partial charge in [0.1, 0.15) is 18.3 Å². The average molecular weight is 899 g/mol. The first-order chi connectivity index (χ1) is 30.1. The molecule has 0 saturated carbocycles. The van der Waals surface area contributed by atoms with Crippen LogP contribution in [-0.4, -0.2) is 108 Å². The van der Waals surface area contributed by atoms with Gasteiger partial charge in [-0.1, -0.05) is 70.8 Å². The van der Waals surface area contributed by atoms with Crippen LogP contribution >= 0.6 is 11.9 Å². The number of piperidine rings is 1. The smallest absolute Gasteiger partial charge is 0.406 e. The molecule has 3 amide bonds. The first-order valence-electron chi connectivity index (χ1n) is 22.6. The molecule has 0 radical (unpaired) electrons. The van der Waals surface area contributed by atoms with Gasteiger partial charge in [-0.2, -0.15) is 13.2 Å². The van der Waals surface area contributed by atoms with Crippen LogP contribution in [0, 0.1) is 17.8 Å². The second-order valence-electron chi connectivity index (χ2n) is 16.9. The Morgan fingerprint density at radius 2 is 1.60 bits per heavy atom. The van der Waals surface area contributed by atoms with E-state index in [9.17, 15) is 32.7 Å². The van der Waals surface area contributed by atoms with Crippen molar-refractivity contribution in [1.82, 2.24) is 29.7 Å². The lowest BCUT2D eigenvalue weighted by Crippen LogP contribution is -2.51. The monoisotopic (exact) mass is 899 g/mol. The van der Waals surface area contributed by atoms with E-state index >= 15 is 0 Å². The highest BCUT2D eigenvalue weighted by atomic mass is 32.2. The molecule has 0 bridgehead atoms. The number of anilines is 2. The lowest BCUT2D eigenvalue weighted by atomic mass is 10.0. The highest BCUT2D eigenvalue weighted by Gasteiger charge is 2.30. The number of fused-ring (bicyclic) bond motifs is 1. The Labute approximate surface area is 376 Å². The number of hydrogen-bond donors (Lipinski definition) is 6. The first kappa shape index (κ1) is 51.0. The number of aromatic nitrogens is 1. The van der Waals surface area contributed by atoms with Crippen molar-refractivity contribution in [3.63, 3.8) is 0 Å². The number of halogens is 3. The number of rotatable bonds is 25. The van der Waals surface area contributed by atoms with Crippen molar-refractivity contribution in [2.75, 3.05) is 64.0 Å². The Morgan fingerprint density at radius 3 is 2.25 bits per heavy atom. The number of phenols is 1. The molecule has 3 aromatic rings. The van der Waals surface area contributed by atoms with Crippen LogP contribution in [0.25, 0.3) is 10.9 Å². The van der Waals surface area contributed by atoms with E-state index < -0.39 is 18.8 Å². The van der Waals surface area contributed by atoms with Gasteiger partial charge < -0.3 is 41.2 Å². The molecule has 2 heterocycles. The molecule has 1 fully saturated rings. The third-order valence-electron chi connectivity index (χ3n) is 11.1. The summed E-state index contributed by atoms with van der Waals surface area (Å²) in [5, 5.41) is 26.2. The van der Waals surface area contributed by atoms with Gasteiger partial charge in [0, 0.05) is 41.5 Å². The number of nitrogens with one attached hydrogen (secondary N) is 5. The predicted molar refractivity (Wildman–Crippen MR) is 249 cm³/mol. The third-order valence-corrected chi connectivity index (χ3v) is 12.1. The highest BCUT2D eigenvalue weighted by molar-refractivity contribution is 7.97. The number of likely N-dealkylation sites (tertiary alicyclic amines) is 1. The fourth-order valence-corrected chi connectivity index (χ4v) is 8.50. The minimum absolute atomic E-state index is 0.0639. The molecular formula is C47H69F3N8O4S. The number of carbonyl (C=O) groups excluding carboxylic acids is 3. The molecule has 1 aromatic heterocycles. The molecule has 1 aliphatic rings. The zero-order valence-corrected chi connectivity index (χ0v) is 38.6. The number of unbranched alkanes of at least 4 members (excludes halogenated alkanes) is 8. The fraction of sp³-hybridized carbons (Fsp3) is 0.596. The van der Waals surface area contributed by atoms with Crippen molar-refractivity contribution >= 4 is 51.9 Å². The number of phenolic OH excluding ortho intramolecular Hbond substituents is 1. The van der Waals surface area contributed by atoms with Gasteiger partial charge in [0.05, 0.1) is 30.0 Å². The molecule has 6 N–H and O–H groups in total. The maximum atomic E-state index is 13.7. The lowest BCUT2D eigenvalue weighted by molar-refractivity contribution is -0.140. The molecule has 0 spiro atoms. The van der Waals surface area contributed by atoms with E-state index in [0.717, 1.165) is 94.4 Å². The number of amides is 3. The zero-order valence-electron chi connectivity index (χ0n) is 37.8. The van der Waals surface area contributed by atoms with Crippen LogP contribution in [0.15, 0.2) is 47.4 Å². The van der Waals surface area contributed by atoms with Crippen molar-refractivity contribution < 1.29 is 32.7 Å². The number of alkyl halides is 3. The normalized spacial score (nSPS) is 14.1. The van der Waals surface area contributed by atoms with E-state index in [-0.39, 0.29) is 54.2 Å². The lowest BCUT2D eigenvalue weighted by Gasteiger charge is -2.30. The predicted octanol–water partition coefficient (Wildman–Crippen LogP) is 8.11. The molecule has 1 atom stereocenters. The summed E-state index contributed by atoms with van der Waals surface area (Å²) in [5.41, 5.74) is 2.08. The average Bonchev–Trinajstić information content (AvgIpc) is 3.57. The Morgan fingerprint density at radius 1 is 0.921 bits per heavy atom. The maximum absolute atomic E-state index is 13.7. The molecule has 63 heavy (non-hydrogen) atoms. The first-order valence-corrected chi connectivity index (χ1v) is 23.3. The van der Waals surface area contributed by atoms with Gasteiger partial charge in [-0.15, -0.1) is 0 Å². The van der Waals surface area contributed by atoms with Gasteiger partial charge in [0.25, 0.3) is 0 Å². The van der Waals surface area contributed by atoms with E-state index in [2.05, 4.69) is 54.7 Å². The fourth-order valence-electron chi connectivity index (χ4n) is 7.62. The summed E-state index contributed by atoms with van der Waals surface area (Å²) in [5.74, 6) is 5.16. The van der Waals surface area contributed by atoms with Crippen LogP contribution in [0.3, 0.4) is 0 Å². The largest absolute Gasteiger partial charge is 0.506 e. The number of hydrogen-bond acceptors (Lipinski definition) is 9. The maximum Gasteiger partial charge on any atom is 0.406 e. The van der Waals surface area contributed by atoms with Crippen molar-refractivity contribution in [2.24, 2.45) is 5.92 Å². The quantitative estimate of drug-likeness (QED) is 0.0215. The summed E-state index contributed by atoms with van der Waals surface area (Å²) in [6.45, 7) is 7.73. The highest BCUT2D eigenvalue weighted by Crippen LogP contribution is 2.32. The molecular weight excluding hydrogens is 830 g/mol. The molecule has 12 nitrogen and oxygen atoms in total. The van der Waals surface area contributed by atoms with Crippen molar-refractivity contribution in [3.8, 4) is 17.6 Å². The SMILES string of the molecule is CCNC(=O)C(NC(=O)CNC(=O)CCCCCCCCCCCN(C)Sc1ccc(NCC#Cc2cc3c(NC4CCN(C)CC4)cccc3n2CC(F)(F)F)c(O)c1)C(C)C. The van der Waals surface area contributed by atoms with Gasteiger partial charge in [0.2, 0.25) is 17.7 Å². The van der Waals surface area contributed by atoms with Gasteiger partial charge in [0.15, 0.2) is 0 Å². The van der Waals surface area contributed by atoms with Crippen LogP contribution in [0.4, 0.5) is 24.5 Å². The number of benzene rings is 2. The van der Waals surface area contributed by atoms with E-state index in [1.165, 1.54) is 11.0 Å². The molecule has 1 unspecified atom stereocenters. The molecule has 348 valence electrons. The standard InChI is InChI=1S/C47H69F3N8O4S/c1-6-51-46(62)45(34(2)3)55-44(61)32-53-43(60)21-14-12-10-8-7-9-11-13-15-27-57(5)63-37-22-23-40(42(59)31-37)52-26-17-18-36-30-38-39(54-35-24-28-56(4)29-25-35)19-16-20-41(38)58(36)33-47(48,49)50/h16,19-20,22-23,30-31,34-35,45,52,54,59H,6-15,21,24-29,32-33H2,1-5H3,(H,51,62)(H,53,60)(H,55,61). The number of likely N-dealkylation sites (N-methyl/N-ethyl adjacent to an activating group) is 1. The van der Waals surface area contributed by atoms with Crippen LogP contribution in [-0.2, 0) is 20.9 Å². The summed E-state index contributed by atoms with van der Waals surface area (Å²) in [7, 11) is 4.12. The minimum atomic E-state index is -4.41. The van der Waals surface area contributed by atoms with Gasteiger partial charge >= 0.3 is 6.18 Å². The van der Waals surface area contributed by atoms with Crippen molar-refractivity contribution in [1.29, 1.82) is 0 Å². The van der Waals surface area contributed by atoms with E-state index in [4.69, 9.17) is 0 Å². The Hall–Kier alpha value is -4.59. The molecule has 0 aliphatic carbocycles. The van der Waals surface area contributed by atoms with E-state index in [0.29, 0.717) is 29.6 Å². The number of nitrogens with zero attached hydrogens (tertiary/aromatic N) is 3. The summed E-state index contributed by atoms with van der Waals surface area (Å²) < 4.78 is 44.5. The van der Waals surface area contributed by atoms with Crippen LogP contribution in [0.5, 0.6) is 5.75 Å². The molecule has 2 aromatic carbocycles. The number of aromatic hydroxyl groups is 1. The van der Waals surface area contributed by atoms with Gasteiger partial charge in [-0.05, 0) is 120 Å². The summed E-state index contributed by atoms with van der Waals surface area (Å²) in [6.07, 6.45) is 7.51. The summed E-state index contributed by atoms with van der Waals surface area (Å²) in [4.78, 5) is 39.8. The van der Waals surface area contributed by atoms with Gasteiger partial charge in [-0.3, -0.25) is 14.4 Å². The summed E-state index contributed by atoms with van der Waals surface area (Å²) in [6, 6.07) is 12.2. The molecule has 1 saturated heterocycles. The van der Waals surface area contributed by atoms with Crippen molar-refractivity contribution in [3.05, 3.63) is 48.2 Å². The molecule has 16 heteroatoms. The van der Waals surface area contributed by atoms with E-state index in [1.807, 2.05) is 40.0 Å². The molecule has 1 aliphatic heterocycles. The van der Waals surface area contributed by atoms with Crippen molar-refractivity contribution in [2.45, 2.75) is 128 Å². The second kappa shape index (κ2) is 26.3. The molecule has 4 rings (SSSR count). The number of carbonyl (C=O) groups is 3.